The van der Waals surface area contributed by atoms with Crippen LogP contribution in [0.25, 0.3) is 5.65 Å². The molecule has 0 bridgehead atoms. The first-order chi connectivity index (χ1) is 15.7. The number of halogens is 1. The average molecular weight is 453 g/mol. The summed E-state index contributed by atoms with van der Waals surface area (Å²) in [6.45, 7) is 2.98. The lowest BCUT2D eigenvalue weighted by molar-refractivity contribution is -0.121. The SMILES string of the molecule is CC(=O)[C@@H](C)NC(=O)c1cc(C(=O)NCc2ccc3c(c2)CC(=O)CO3)nc2c(F)cnn12. The van der Waals surface area contributed by atoms with Crippen LogP contribution >= 0.6 is 0 Å². The molecule has 2 N–H and O–H groups in total. The van der Waals surface area contributed by atoms with Crippen LogP contribution in [0.4, 0.5) is 4.39 Å². The van der Waals surface area contributed by atoms with E-state index in [1.807, 2.05) is 0 Å². The van der Waals surface area contributed by atoms with Gasteiger partial charge in [-0.3, -0.25) is 19.2 Å². The van der Waals surface area contributed by atoms with Crippen molar-refractivity contribution in [3.8, 4) is 5.75 Å². The second kappa shape index (κ2) is 8.77. The van der Waals surface area contributed by atoms with E-state index >= 15 is 0 Å². The molecule has 0 saturated heterocycles. The molecule has 0 fully saturated rings. The van der Waals surface area contributed by atoms with Crippen molar-refractivity contribution in [3.05, 3.63) is 58.8 Å². The van der Waals surface area contributed by atoms with E-state index in [9.17, 15) is 23.6 Å². The second-order valence-electron chi connectivity index (χ2n) is 7.69. The standard InChI is InChI=1S/C22H20FN5O5/c1-11(12(2)29)26-22(32)18-7-17(27-20-16(23)9-25-28(18)20)21(31)24-8-13-3-4-19-14(5-13)6-15(30)10-33-19/h3-5,7,9,11H,6,8,10H2,1-2H3,(H,24,31)(H,26,32)/t11-/m1/s1. The molecule has 1 atom stereocenters. The van der Waals surface area contributed by atoms with Gasteiger partial charge in [0.1, 0.15) is 23.7 Å². The molecule has 4 rings (SSSR count). The highest BCUT2D eigenvalue weighted by Gasteiger charge is 2.22. The number of hydrogen-bond donors (Lipinski definition) is 2. The van der Waals surface area contributed by atoms with Gasteiger partial charge in [-0.2, -0.15) is 5.10 Å². The van der Waals surface area contributed by atoms with Gasteiger partial charge in [-0.15, -0.1) is 0 Å². The van der Waals surface area contributed by atoms with E-state index in [4.69, 9.17) is 4.74 Å². The van der Waals surface area contributed by atoms with Crippen LogP contribution in [0.3, 0.4) is 0 Å². The van der Waals surface area contributed by atoms with E-state index in [-0.39, 0.29) is 48.2 Å². The van der Waals surface area contributed by atoms with Crippen LogP contribution < -0.4 is 15.4 Å². The lowest BCUT2D eigenvalue weighted by atomic mass is 10.0. The van der Waals surface area contributed by atoms with Gasteiger partial charge >= 0.3 is 0 Å². The summed E-state index contributed by atoms with van der Waals surface area (Å²) in [7, 11) is 0. The molecule has 33 heavy (non-hydrogen) atoms. The van der Waals surface area contributed by atoms with E-state index in [0.29, 0.717) is 5.75 Å². The van der Waals surface area contributed by atoms with Crippen molar-refractivity contribution in [2.75, 3.05) is 6.61 Å². The number of ether oxygens (including phenoxy) is 1. The molecule has 3 heterocycles. The number of aromatic nitrogens is 3. The van der Waals surface area contributed by atoms with Gasteiger partial charge < -0.3 is 15.4 Å². The zero-order valence-corrected chi connectivity index (χ0v) is 17.8. The predicted molar refractivity (Wildman–Crippen MR) is 112 cm³/mol. The van der Waals surface area contributed by atoms with Gasteiger partial charge in [-0.05, 0) is 31.5 Å². The van der Waals surface area contributed by atoms with Crippen molar-refractivity contribution in [2.45, 2.75) is 32.9 Å². The van der Waals surface area contributed by atoms with E-state index in [2.05, 4.69) is 20.7 Å². The van der Waals surface area contributed by atoms with E-state index in [1.54, 1.807) is 18.2 Å². The quantitative estimate of drug-likeness (QED) is 0.569. The molecule has 0 saturated carbocycles. The molecule has 0 spiro atoms. The number of hydrogen-bond acceptors (Lipinski definition) is 7. The van der Waals surface area contributed by atoms with Crippen LogP contribution in [0, 0.1) is 5.82 Å². The highest BCUT2D eigenvalue weighted by atomic mass is 19.1. The Bertz CT molecular complexity index is 1300. The molecule has 0 unspecified atom stereocenters. The molecule has 1 aliphatic heterocycles. The minimum absolute atomic E-state index is 0.0334. The molecule has 2 amide bonds. The molecular formula is C22H20FN5O5. The zero-order valence-electron chi connectivity index (χ0n) is 17.8. The van der Waals surface area contributed by atoms with Crippen molar-refractivity contribution in [2.24, 2.45) is 0 Å². The molecule has 0 aliphatic carbocycles. The molecule has 3 aromatic rings. The third-order valence-corrected chi connectivity index (χ3v) is 5.21. The minimum atomic E-state index is -0.808. The van der Waals surface area contributed by atoms with E-state index in [1.165, 1.54) is 19.9 Å². The van der Waals surface area contributed by atoms with Crippen LogP contribution in [0.15, 0.2) is 30.5 Å². The highest BCUT2D eigenvalue weighted by Crippen LogP contribution is 2.24. The number of carbonyl (C=O) groups excluding carboxylic acids is 4. The summed E-state index contributed by atoms with van der Waals surface area (Å²) in [6.07, 6.45) is 1.14. The number of Topliss-reactive ketones (excluding diaryl/α,β-unsaturated/α-hetero) is 2. The summed E-state index contributed by atoms with van der Waals surface area (Å²) in [5.41, 5.74) is 0.820. The Morgan fingerprint density at radius 3 is 2.79 bits per heavy atom. The molecule has 0 radical (unpaired) electrons. The molecule has 170 valence electrons. The summed E-state index contributed by atoms with van der Waals surface area (Å²) in [4.78, 5) is 52.5. The Balaban J connectivity index is 1.56. The topological polar surface area (TPSA) is 132 Å². The average Bonchev–Trinajstić information content (AvgIpc) is 3.17. The lowest BCUT2D eigenvalue weighted by Crippen LogP contribution is -2.38. The summed E-state index contributed by atoms with van der Waals surface area (Å²) in [5.74, 6) is -1.83. The number of fused-ring (bicyclic) bond motifs is 2. The van der Waals surface area contributed by atoms with E-state index < -0.39 is 23.7 Å². The Morgan fingerprint density at radius 2 is 2.03 bits per heavy atom. The van der Waals surface area contributed by atoms with Gasteiger partial charge in [-0.25, -0.2) is 13.9 Å². The Labute approximate surface area is 187 Å². The van der Waals surface area contributed by atoms with Crippen molar-refractivity contribution < 1.29 is 28.3 Å². The number of carbonyl (C=O) groups is 4. The largest absolute Gasteiger partial charge is 0.486 e. The fourth-order valence-electron chi connectivity index (χ4n) is 3.30. The van der Waals surface area contributed by atoms with Crippen molar-refractivity contribution in [1.82, 2.24) is 25.2 Å². The summed E-state index contributed by atoms with van der Waals surface area (Å²) < 4.78 is 20.5. The third-order valence-electron chi connectivity index (χ3n) is 5.21. The fourth-order valence-corrected chi connectivity index (χ4v) is 3.30. The summed E-state index contributed by atoms with van der Waals surface area (Å²) >= 11 is 0. The monoisotopic (exact) mass is 453 g/mol. The summed E-state index contributed by atoms with van der Waals surface area (Å²) in [6, 6.07) is 5.65. The number of amides is 2. The lowest BCUT2D eigenvalue weighted by Gasteiger charge is -2.17. The smallest absolute Gasteiger partial charge is 0.270 e. The molecule has 11 heteroatoms. The molecule has 10 nitrogen and oxygen atoms in total. The van der Waals surface area contributed by atoms with Crippen LogP contribution in [-0.2, 0) is 22.6 Å². The van der Waals surface area contributed by atoms with Crippen LogP contribution in [-0.4, -0.2) is 50.6 Å². The van der Waals surface area contributed by atoms with Gasteiger partial charge in [0.2, 0.25) is 0 Å². The molecular weight excluding hydrogens is 433 g/mol. The minimum Gasteiger partial charge on any atom is -0.486 e. The van der Waals surface area contributed by atoms with Crippen molar-refractivity contribution in [3.63, 3.8) is 0 Å². The summed E-state index contributed by atoms with van der Waals surface area (Å²) in [5, 5.41) is 8.95. The zero-order chi connectivity index (χ0) is 23.7. The number of benzene rings is 1. The first-order valence-electron chi connectivity index (χ1n) is 10.1. The van der Waals surface area contributed by atoms with Gasteiger partial charge in [0.05, 0.1) is 12.2 Å². The highest BCUT2D eigenvalue weighted by molar-refractivity contribution is 5.99. The van der Waals surface area contributed by atoms with Crippen LogP contribution in [0.5, 0.6) is 5.75 Å². The Hall–Kier alpha value is -4.15. The Morgan fingerprint density at radius 1 is 1.24 bits per heavy atom. The maximum atomic E-state index is 14.2. The normalized spacial score (nSPS) is 13.7. The van der Waals surface area contributed by atoms with Gasteiger partial charge in [0.25, 0.3) is 11.8 Å². The number of ketones is 2. The Kier molecular flexibility index (Phi) is 5.86. The predicted octanol–water partition coefficient (Wildman–Crippen LogP) is 1.01. The number of nitrogens with zero attached hydrogens (tertiary/aromatic N) is 3. The van der Waals surface area contributed by atoms with Crippen LogP contribution in [0.2, 0.25) is 0 Å². The van der Waals surface area contributed by atoms with E-state index in [0.717, 1.165) is 21.8 Å². The second-order valence-corrected chi connectivity index (χ2v) is 7.69. The maximum Gasteiger partial charge on any atom is 0.270 e. The van der Waals surface area contributed by atoms with Crippen molar-refractivity contribution in [1.29, 1.82) is 0 Å². The number of nitrogens with one attached hydrogen (secondary N) is 2. The van der Waals surface area contributed by atoms with Crippen molar-refractivity contribution >= 4 is 29.0 Å². The number of rotatable bonds is 6. The van der Waals surface area contributed by atoms with Gasteiger partial charge in [0, 0.05) is 24.6 Å². The first kappa shape index (κ1) is 22.1. The maximum absolute atomic E-state index is 14.2. The van der Waals surface area contributed by atoms with Crippen LogP contribution in [0.1, 0.15) is 46.0 Å². The molecule has 1 aliphatic rings. The van der Waals surface area contributed by atoms with Gasteiger partial charge in [0.15, 0.2) is 23.0 Å². The fraction of sp³-hybridized carbons (Fsp3) is 0.273. The first-order valence-corrected chi connectivity index (χ1v) is 10.1. The molecule has 1 aromatic carbocycles. The third kappa shape index (κ3) is 4.56. The molecule has 2 aromatic heterocycles. The van der Waals surface area contributed by atoms with Gasteiger partial charge in [-0.1, -0.05) is 6.07 Å².